The molecule has 19 heavy (non-hydrogen) atoms. The van der Waals surface area contributed by atoms with Gasteiger partial charge in [0.05, 0.1) is 10.6 Å². The van der Waals surface area contributed by atoms with Gasteiger partial charge in [-0.2, -0.15) is 0 Å². The van der Waals surface area contributed by atoms with Crippen LogP contribution < -0.4 is 0 Å². The van der Waals surface area contributed by atoms with Gasteiger partial charge in [-0.1, -0.05) is 25.4 Å². The summed E-state index contributed by atoms with van der Waals surface area (Å²) in [4.78, 5) is 14.4. The van der Waals surface area contributed by atoms with Crippen LogP contribution >= 0.6 is 11.6 Å². The SMILES string of the molecule is CC(C)CCN(C(=O)c1ccc(F)cc1Cl)C1CC1. The maximum atomic E-state index is 13.0. The Labute approximate surface area is 118 Å². The van der Waals surface area contributed by atoms with Crippen LogP contribution in [-0.4, -0.2) is 23.4 Å². The van der Waals surface area contributed by atoms with Gasteiger partial charge in [0.2, 0.25) is 0 Å². The Bertz CT molecular complexity index is 471. The van der Waals surface area contributed by atoms with Crippen molar-refractivity contribution in [2.24, 2.45) is 5.92 Å². The fourth-order valence-corrected chi connectivity index (χ4v) is 2.30. The van der Waals surface area contributed by atoms with E-state index in [4.69, 9.17) is 11.6 Å². The lowest BCUT2D eigenvalue weighted by atomic mass is 10.1. The second-order valence-electron chi connectivity index (χ2n) is 5.54. The average Bonchev–Trinajstić information content (AvgIpc) is 3.13. The summed E-state index contributed by atoms with van der Waals surface area (Å²) in [5, 5.41) is 0.195. The van der Waals surface area contributed by atoms with E-state index in [1.54, 1.807) is 0 Å². The summed E-state index contributed by atoms with van der Waals surface area (Å²) < 4.78 is 13.0. The summed E-state index contributed by atoms with van der Waals surface area (Å²) in [6.07, 6.45) is 3.09. The minimum Gasteiger partial charge on any atom is -0.336 e. The molecule has 1 aromatic rings. The van der Waals surface area contributed by atoms with Crippen molar-refractivity contribution < 1.29 is 9.18 Å². The van der Waals surface area contributed by atoms with Crippen LogP contribution in [0.25, 0.3) is 0 Å². The van der Waals surface area contributed by atoms with E-state index in [0.29, 0.717) is 17.5 Å². The zero-order valence-corrected chi connectivity index (χ0v) is 12.1. The molecule has 0 aliphatic heterocycles. The van der Waals surface area contributed by atoms with E-state index in [-0.39, 0.29) is 10.9 Å². The lowest BCUT2D eigenvalue weighted by Gasteiger charge is -2.24. The number of rotatable bonds is 5. The van der Waals surface area contributed by atoms with Crippen LogP contribution in [0.3, 0.4) is 0 Å². The van der Waals surface area contributed by atoms with Crippen molar-refractivity contribution >= 4 is 17.5 Å². The smallest absolute Gasteiger partial charge is 0.255 e. The first-order valence-electron chi connectivity index (χ1n) is 6.75. The Kier molecular flexibility index (Phi) is 4.46. The summed E-state index contributed by atoms with van der Waals surface area (Å²) in [6, 6.07) is 4.30. The highest BCUT2D eigenvalue weighted by Gasteiger charge is 2.33. The van der Waals surface area contributed by atoms with Gasteiger partial charge in [-0.3, -0.25) is 4.79 Å². The van der Waals surface area contributed by atoms with Crippen LogP contribution in [0.1, 0.15) is 43.5 Å². The van der Waals surface area contributed by atoms with Crippen molar-refractivity contribution in [1.29, 1.82) is 0 Å². The predicted molar refractivity (Wildman–Crippen MR) is 74.9 cm³/mol. The minimum absolute atomic E-state index is 0.0758. The van der Waals surface area contributed by atoms with Crippen molar-refractivity contribution in [3.63, 3.8) is 0 Å². The first kappa shape index (κ1) is 14.3. The number of hydrogen-bond donors (Lipinski definition) is 0. The molecule has 2 rings (SSSR count). The summed E-state index contributed by atoms with van der Waals surface area (Å²) in [5.41, 5.74) is 0.402. The Hall–Kier alpha value is -1.09. The van der Waals surface area contributed by atoms with Crippen LogP contribution in [0.2, 0.25) is 5.02 Å². The Morgan fingerprint density at radius 3 is 2.68 bits per heavy atom. The molecule has 2 nitrogen and oxygen atoms in total. The summed E-state index contributed by atoms with van der Waals surface area (Å²) in [5.74, 6) is 0.0626. The molecule has 1 aliphatic rings. The largest absolute Gasteiger partial charge is 0.336 e. The van der Waals surface area contributed by atoms with E-state index >= 15 is 0 Å². The number of nitrogens with zero attached hydrogens (tertiary/aromatic N) is 1. The van der Waals surface area contributed by atoms with E-state index in [1.165, 1.54) is 18.2 Å². The van der Waals surface area contributed by atoms with Gasteiger partial charge in [0, 0.05) is 12.6 Å². The molecule has 0 bridgehead atoms. The fraction of sp³-hybridized carbons (Fsp3) is 0.533. The van der Waals surface area contributed by atoms with E-state index < -0.39 is 5.82 Å². The summed E-state index contributed by atoms with van der Waals surface area (Å²) in [6.45, 7) is 5.02. The van der Waals surface area contributed by atoms with Crippen LogP contribution in [0.4, 0.5) is 4.39 Å². The van der Waals surface area contributed by atoms with E-state index in [2.05, 4.69) is 13.8 Å². The monoisotopic (exact) mass is 283 g/mol. The van der Waals surface area contributed by atoms with Crippen molar-refractivity contribution in [1.82, 2.24) is 4.90 Å². The number of halogens is 2. The van der Waals surface area contributed by atoms with Gasteiger partial charge in [0.25, 0.3) is 5.91 Å². The molecule has 0 N–H and O–H groups in total. The third-order valence-corrected chi connectivity index (χ3v) is 3.67. The molecule has 0 radical (unpaired) electrons. The highest BCUT2D eigenvalue weighted by molar-refractivity contribution is 6.33. The van der Waals surface area contributed by atoms with Crippen LogP contribution in [0, 0.1) is 11.7 Å². The van der Waals surface area contributed by atoms with Gasteiger partial charge in [-0.15, -0.1) is 0 Å². The molecular formula is C15H19ClFNO. The van der Waals surface area contributed by atoms with E-state index in [0.717, 1.165) is 25.8 Å². The van der Waals surface area contributed by atoms with Crippen molar-refractivity contribution in [2.45, 2.75) is 39.2 Å². The molecule has 1 aliphatic carbocycles. The second-order valence-corrected chi connectivity index (χ2v) is 5.94. The maximum absolute atomic E-state index is 13.0. The quantitative estimate of drug-likeness (QED) is 0.796. The minimum atomic E-state index is -0.415. The summed E-state index contributed by atoms with van der Waals surface area (Å²) in [7, 11) is 0. The van der Waals surface area contributed by atoms with Gasteiger partial charge in [0.1, 0.15) is 5.82 Å². The molecule has 1 saturated carbocycles. The number of benzene rings is 1. The molecule has 4 heteroatoms. The topological polar surface area (TPSA) is 20.3 Å². The Morgan fingerprint density at radius 1 is 1.47 bits per heavy atom. The second kappa shape index (κ2) is 5.91. The zero-order valence-electron chi connectivity index (χ0n) is 11.3. The van der Waals surface area contributed by atoms with E-state index in [1.807, 2.05) is 4.90 Å². The Morgan fingerprint density at radius 2 is 2.16 bits per heavy atom. The summed E-state index contributed by atoms with van der Waals surface area (Å²) >= 11 is 5.97. The van der Waals surface area contributed by atoms with Gasteiger partial charge >= 0.3 is 0 Å². The maximum Gasteiger partial charge on any atom is 0.255 e. The van der Waals surface area contributed by atoms with Gasteiger partial charge in [-0.05, 0) is 43.4 Å². The van der Waals surface area contributed by atoms with Crippen molar-refractivity contribution in [3.8, 4) is 0 Å². The average molecular weight is 284 g/mol. The molecule has 104 valence electrons. The van der Waals surface area contributed by atoms with Crippen molar-refractivity contribution in [2.75, 3.05) is 6.54 Å². The number of carbonyl (C=O) groups is 1. The third kappa shape index (κ3) is 3.69. The number of carbonyl (C=O) groups excluding carboxylic acids is 1. The molecule has 1 amide bonds. The Balaban J connectivity index is 2.14. The molecular weight excluding hydrogens is 265 g/mol. The lowest BCUT2D eigenvalue weighted by molar-refractivity contribution is 0.0735. The molecule has 1 fully saturated rings. The molecule has 0 heterocycles. The normalized spacial score (nSPS) is 14.8. The predicted octanol–water partition coefficient (Wildman–Crippen LogP) is 4.13. The van der Waals surface area contributed by atoms with Gasteiger partial charge in [0.15, 0.2) is 0 Å². The van der Waals surface area contributed by atoms with Crippen LogP contribution in [0.15, 0.2) is 18.2 Å². The van der Waals surface area contributed by atoms with E-state index in [9.17, 15) is 9.18 Å². The van der Waals surface area contributed by atoms with Crippen LogP contribution in [-0.2, 0) is 0 Å². The van der Waals surface area contributed by atoms with Gasteiger partial charge in [-0.25, -0.2) is 4.39 Å². The number of amides is 1. The standard InChI is InChI=1S/C15H19ClFNO/c1-10(2)7-8-18(12-4-5-12)15(19)13-6-3-11(17)9-14(13)16/h3,6,9-10,12H,4-5,7-8H2,1-2H3. The van der Waals surface area contributed by atoms with Crippen molar-refractivity contribution in [3.05, 3.63) is 34.6 Å². The number of hydrogen-bond acceptors (Lipinski definition) is 1. The molecule has 1 aromatic carbocycles. The third-order valence-electron chi connectivity index (χ3n) is 3.36. The highest BCUT2D eigenvalue weighted by atomic mass is 35.5. The first-order chi connectivity index (χ1) is 8.99. The fourth-order valence-electron chi connectivity index (χ4n) is 2.05. The first-order valence-corrected chi connectivity index (χ1v) is 7.13. The zero-order chi connectivity index (χ0) is 14.0. The molecule has 0 unspecified atom stereocenters. The highest BCUT2D eigenvalue weighted by Crippen LogP contribution is 2.30. The molecule has 0 atom stereocenters. The lowest BCUT2D eigenvalue weighted by Crippen LogP contribution is -2.34. The van der Waals surface area contributed by atoms with Crippen LogP contribution in [0.5, 0.6) is 0 Å². The molecule has 0 aromatic heterocycles. The molecule has 0 saturated heterocycles. The van der Waals surface area contributed by atoms with Gasteiger partial charge < -0.3 is 4.90 Å². The molecule has 0 spiro atoms.